The summed E-state index contributed by atoms with van der Waals surface area (Å²) in [6.07, 6.45) is 2.44. The van der Waals surface area contributed by atoms with Gasteiger partial charge >= 0.3 is 6.03 Å². The van der Waals surface area contributed by atoms with E-state index in [4.69, 9.17) is 4.74 Å². The molecule has 0 spiro atoms. The van der Waals surface area contributed by atoms with Gasteiger partial charge in [-0.1, -0.05) is 6.07 Å². The molecule has 0 radical (unpaired) electrons. The van der Waals surface area contributed by atoms with Crippen LogP contribution in [0.25, 0.3) is 0 Å². The zero-order valence-electron chi connectivity index (χ0n) is 18.0. The molecule has 0 atom stereocenters. The topological polar surface area (TPSA) is 73.8 Å². The molecule has 0 unspecified atom stereocenters. The highest BCUT2D eigenvalue weighted by Crippen LogP contribution is 2.26. The Balaban J connectivity index is 1.39. The highest BCUT2D eigenvalue weighted by molar-refractivity contribution is 5.91. The van der Waals surface area contributed by atoms with E-state index in [1.165, 1.54) is 12.8 Å². The summed E-state index contributed by atoms with van der Waals surface area (Å²) in [6.45, 7) is 8.83. The van der Waals surface area contributed by atoms with E-state index in [-0.39, 0.29) is 6.03 Å². The third-order valence-corrected chi connectivity index (χ3v) is 5.73. The number of carbonyl (C=O) groups excluding carboxylic acids is 1. The van der Waals surface area contributed by atoms with Crippen molar-refractivity contribution in [3.05, 3.63) is 35.7 Å². The van der Waals surface area contributed by atoms with E-state index in [1.807, 2.05) is 36.9 Å². The van der Waals surface area contributed by atoms with Gasteiger partial charge in [0.1, 0.15) is 23.2 Å². The largest absolute Gasteiger partial charge is 0.495 e. The second-order valence-corrected chi connectivity index (χ2v) is 7.93. The molecule has 3 heterocycles. The SMILES string of the molecule is COc1ccc(C)cc1NC(=O)N1CCN(c2cc(N3CCCC3)nc(C)n2)CC1. The van der Waals surface area contributed by atoms with Gasteiger partial charge in [-0.25, -0.2) is 14.8 Å². The number of aryl methyl sites for hydroxylation is 2. The summed E-state index contributed by atoms with van der Waals surface area (Å²) in [5.41, 5.74) is 1.77. The van der Waals surface area contributed by atoms with Crippen molar-refractivity contribution in [2.75, 3.05) is 61.5 Å². The van der Waals surface area contributed by atoms with Crippen LogP contribution < -0.4 is 19.9 Å². The quantitative estimate of drug-likeness (QED) is 0.835. The third kappa shape index (κ3) is 4.42. The Morgan fingerprint density at radius 2 is 1.57 bits per heavy atom. The van der Waals surface area contributed by atoms with Crippen molar-refractivity contribution in [1.29, 1.82) is 0 Å². The maximum Gasteiger partial charge on any atom is 0.322 e. The number of amides is 2. The average molecular weight is 411 g/mol. The number of benzene rings is 1. The van der Waals surface area contributed by atoms with Gasteiger partial charge in [0.05, 0.1) is 12.8 Å². The van der Waals surface area contributed by atoms with Crippen LogP contribution in [-0.2, 0) is 0 Å². The number of aromatic nitrogens is 2. The first kappa shape index (κ1) is 20.3. The molecule has 160 valence electrons. The molecule has 8 nitrogen and oxygen atoms in total. The van der Waals surface area contributed by atoms with E-state index >= 15 is 0 Å². The fraction of sp³-hybridized carbons (Fsp3) is 0.500. The number of hydrogen-bond donors (Lipinski definition) is 1. The Morgan fingerprint density at radius 1 is 0.933 bits per heavy atom. The smallest absolute Gasteiger partial charge is 0.322 e. The average Bonchev–Trinajstić information content (AvgIpc) is 3.29. The Morgan fingerprint density at radius 3 is 2.20 bits per heavy atom. The standard InChI is InChI=1S/C22H30N6O2/c1-16-6-7-19(30-3)18(14-16)25-22(29)28-12-10-27(11-13-28)21-15-20(23-17(2)24-21)26-8-4-5-9-26/h6-7,14-15H,4-5,8-13H2,1-3H3,(H,25,29). The lowest BCUT2D eigenvalue weighted by Crippen LogP contribution is -2.50. The number of anilines is 3. The summed E-state index contributed by atoms with van der Waals surface area (Å²) in [5.74, 6) is 3.42. The Hall–Kier alpha value is -3.03. The maximum absolute atomic E-state index is 12.8. The van der Waals surface area contributed by atoms with E-state index < -0.39 is 0 Å². The maximum atomic E-state index is 12.8. The zero-order chi connectivity index (χ0) is 21.1. The Bertz CT molecular complexity index is 904. The first-order valence-corrected chi connectivity index (χ1v) is 10.6. The normalized spacial score (nSPS) is 16.7. The van der Waals surface area contributed by atoms with Crippen molar-refractivity contribution in [2.24, 2.45) is 0 Å². The van der Waals surface area contributed by atoms with Crippen LogP contribution in [0.15, 0.2) is 24.3 Å². The predicted octanol–water partition coefficient (Wildman–Crippen LogP) is 3.06. The lowest BCUT2D eigenvalue weighted by atomic mass is 10.2. The first-order valence-electron chi connectivity index (χ1n) is 10.6. The predicted molar refractivity (Wildman–Crippen MR) is 119 cm³/mol. The number of rotatable bonds is 4. The molecule has 4 rings (SSSR count). The molecule has 1 aromatic carbocycles. The van der Waals surface area contributed by atoms with E-state index in [2.05, 4.69) is 31.2 Å². The second kappa shape index (κ2) is 8.77. The molecule has 2 fully saturated rings. The number of hydrogen-bond acceptors (Lipinski definition) is 6. The second-order valence-electron chi connectivity index (χ2n) is 7.93. The van der Waals surface area contributed by atoms with Crippen LogP contribution >= 0.6 is 0 Å². The first-order chi connectivity index (χ1) is 14.5. The summed E-state index contributed by atoms with van der Waals surface area (Å²) in [7, 11) is 1.61. The molecule has 2 aliphatic rings. The minimum Gasteiger partial charge on any atom is -0.495 e. The van der Waals surface area contributed by atoms with Crippen LogP contribution in [0, 0.1) is 13.8 Å². The molecule has 0 saturated carbocycles. The number of ether oxygens (including phenoxy) is 1. The van der Waals surface area contributed by atoms with Gasteiger partial charge in [0.2, 0.25) is 0 Å². The molecule has 2 amide bonds. The van der Waals surface area contributed by atoms with Crippen molar-refractivity contribution in [3.8, 4) is 5.75 Å². The molecule has 8 heteroatoms. The van der Waals surface area contributed by atoms with Crippen molar-refractivity contribution >= 4 is 23.4 Å². The van der Waals surface area contributed by atoms with Crippen LogP contribution in [0.2, 0.25) is 0 Å². The molecule has 0 aliphatic carbocycles. The minimum atomic E-state index is -0.102. The Kier molecular flexibility index (Phi) is 5.92. The molecule has 1 N–H and O–H groups in total. The van der Waals surface area contributed by atoms with E-state index in [1.54, 1.807) is 7.11 Å². The molecular formula is C22H30N6O2. The van der Waals surface area contributed by atoms with Gasteiger partial charge in [0, 0.05) is 45.3 Å². The third-order valence-electron chi connectivity index (χ3n) is 5.73. The summed E-state index contributed by atoms with van der Waals surface area (Å²) in [6, 6.07) is 7.75. The van der Waals surface area contributed by atoms with Crippen molar-refractivity contribution in [3.63, 3.8) is 0 Å². The summed E-state index contributed by atoms with van der Waals surface area (Å²) < 4.78 is 5.37. The van der Waals surface area contributed by atoms with Crippen LogP contribution in [0.5, 0.6) is 5.75 Å². The van der Waals surface area contributed by atoms with Crippen molar-refractivity contribution in [2.45, 2.75) is 26.7 Å². The molecule has 2 saturated heterocycles. The molecule has 1 aromatic heterocycles. The van der Waals surface area contributed by atoms with Gasteiger partial charge in [0.25, 0.3) is 0 Å². The monoisotopic (exact) mass is 410 g/mol. The van der Waals surface area contributed by atoms with Gasteiger partial charge < -0.3 is 24.8 Å². The van der Waals surface area contributed by atoms with Crippen LogP contribution in [0.4, 0.5) is 22.1 Å². The fourth-order valence-corrected chi connectivity index (χ4v) is 4.06. The number of carbonyl (C=O) groups is 1. The van der Waals surface area contributed by atoms with Crippen LogP contribution in [-0.4, -0.2) is 67.3 Å². The minimum absolute atomic E-state index is 0.102. The molecule has 2 aromatic rings. The van der Waals surface area contributed by atoms with Gasteiger partial charge in [-0.3, -0.25) is 0 Å². The van der Waals surface area contributed by atoms with Gasteiger partial charge in [0.15, 0.2) is 0 Å². The highest BCUT2D eigenvalue weighted by Gasteiger charge is 2.24. The number of nitrogens with zero attached hydrogens (tertiary/aromatic N) is 5. The van der Waals surface area contributed by atoms with E-state index in [0.29, 0.717) is 24.5 Å². The molecule has 0 bridgehead atoms. The van der Waals surface area contributed by atoms with Crippen molar-refractivity contribution in [1.82, 2.24) is 14.9 Å². The van der Waals surface area contributed by atoms with Gasteiger partial charge in [-0.2, -0.15) is 0 Å². The highest BCUT2D eigenvalue weighted by atomic mass is 16.5. The lowest BCUT2D eigenvalue weighted by molar-refractivity contribution is 0.208. The Labute approximate surface area is 177 Å². The number of urea groups is 1. The zero-order valence-corrected chi connectivity index (χ0v) is 18.0. The summed E-state index contributed by atoms with van der Waals surface area (Å²) >= 11 is 0. The van der Waals surface area contributed by atoms with Crippen molar-refractivity contribution < 1.29 is 9.53 Å². The molecular weight excluding hydrogens is 380 g/mol. The van der Waals surface area contributed by atoms with Crippen LogP contribution in [0.1, 0.15) is 24.2 Å². The van der Waals surface area contributed by atoms with E-state index in [0.717, 1.165) is 49.2 Å². The molecule has 2 aliphatic heterocycles. The van der Waals surface area contributed by atoms with Gasteiger partial charge in [-0.15, -0.1) is 0 Å². The van der Waals surface area contributed by atoms with E-state index in [9.17, 15) is 4.79 Å². The summed E-state index contributed by atoms with van der Waals surface area (Å²) in [4.78, 5) is 28.5. The van der Waals surface area contributed by atoms with Crippen LogP contribution in [0.3, 0.4) is 0 Å². The number of piperazine rings is 1. The summed E-state index contributed by atoms with van der Waals surface area (Å²) in [5, 5.41) is 2.99. The van der Waals surface area contributed by atoms with Gasteiger partial charge in [-0.05, 0) is 44.4 Å². The number of nitrogens with one attached hydrogen (secondary N) is 1. The molecule has 30 heavy (non-hydrogen) atoms. The fourth-order valence-electron chi connectivity index (χ4n) is 4.06. The number of methoxy groups -OCH3 is 1. The lowest BCUT2D eigenvalue weighted by Gasteiger charge is -2.35.